The first-order valence-corrected chi connectivity index (χ1v) is 8.69. The molecule has 0 radical (unpaired) electrons. The third-order valence-corrected chi connectivity index (χ3v) is 3.81. The Kier molecular flexibility index (Phi) is 9.93. The van der Waals surface area contributed by atoms with Gasteiger partial charge in [-0.05, 0) is 18.6 Å². The van der Waals surface area contributed by atoms with Crippen molar-refractivity contribution in [1.82, 2.24) is 0 Å². The van der Waals surface area contributed by atoms with E-state index in [1.54, 1.807) is 0 Å². The molecule has 1 unspecified atom stereocenters. The lowest BCUT2D eigenvalue weighted by atomic mass is 10.1. The van der Waals surface area contributed by atoms with Crippen LogP contribution >= 0.6 is 0 Å². The van der Waals surface area contributed by atoms with E-state index in [4.69, 9.17) is 14.6 Å². The normalized spacial score (nSPS) is 13.8. The van der Waals surface area contributed by atoms with Gasteiger partial charge in [-0.3, -0.25) is 0 Å². The third kappa shape index (κ3) is 8.40. The molecule has 3 nitrogen and oxygen atoms in total. The highest BCUT2D eigenvalue weighted by molar-refractivity contribution is 5.21. The first kappa shape index (κ1) is 19.0. The lowest BCUT2D eigenvalue weighted by molar-refractivity contribution is -0.180. The van der Waals surface area contributed by atoms with Crippen LogP contribution in [0, 0.1) is 0 Å². The molecule has 3 heteroatoms. The number of unbranched alkanes of at least 4 members (excludes halogenated alkanes) is 6. The Hall–Kier alpha value is -1.06. The van der Waals surface area contributed by atoms with Crippen LogP contribution in [0.5, 0.6) is 5.75 Å². The molecular formula is C19H32O3. The summed E-state index contributed by atoms with van der Waals surface area (Å²) < 4.78 is 11.8. The molecule has 22 heavy (non-hydrogen) atoms. The number of hydrogen-bond donors (Lipinski definition) is 1. The van der Waals surface area contributed by atoms with Gasteiger partial charge in [0.2, 0.25) is 5.79 Å². The van der Waals surface area contributed by atoms with E-state index < -0.39 is 5.79 Å². The molecular weight excluding hydrogens is 276 g/mol. The van der Waals surface area contributed by atoms with Crippen LogP contribution in [-0.4, -0.2) is 24.1 Å². The second kappa shape index (κ2) is 11.5. The van der Waals surface area contributed by atoms with Crippen LogP contribution in [0.1, 0.15) is 65.2 Å². The van der Waals surface area contributed by atoms with Gasteiger partial charge in [-0.2, -0.15) is 0 Å². The lowest BCUT2D eigenvalue weighted by Crippen LogP contribution is -2.36. The van der Waals surface area contributed by atoms with Gasteiger partial charge in [-0.1, -0.05) is 63.6 Å². The minimum Gasteiger partial charge on any atom is -0.463 e. The number of aliphatic hydroxyl groups excluding tert-OH is 1. The smallest absolute Gasteiger partial charge is 0.207 e. The van der Waals surface area contributed by atoms with E-state index in [0.717, 1.165) is 18.6 Å². The molecule has 0 fully saturated rings. The Balaban J connectivity index is 2.35. The summed E-state index contributed by atoms with van der Waals surface area (Å²) in [7, 11) is 0. The molecule has 1 atom stereocenters. The number of hydrogen-bond acceptors (Lipinski definition) is 3. The molecule has 0 aliphatic heterocycles. The van der Waals surface area contributed by atoms with Gasteiger partial charge in [0.15, 0.2) is 0 Å². The van der Waals surface area contributed by atoms with Gasteiger partial charge in [0.05, 0.1) is 13.2 Å². The fourth-order valence-electron chi connectivity index (χ4n) is 2.56. The molecule has 0 amide bonds. The second-order valence-corrected chi connectivity index (χ2v) is 5.99. The average Bonchev–Trinajstić information content (AvgIpc) is 2.53. The van der Waals surface area contributed by atoms with Gasteiger partial charge in [0.25, 0.3) is 0 Å². The Labute approximate surface area is 135 Å². The summed E-state index contributed by atoms with van der Waals surface area (Å²) in [5, 5.41) is 9.01. The lowest BCUT2D eigenvalue weighted by Gasteiger charge is -2.30. The van der Waals surface area contributed by atoms with Crippen LogP contribution in [0.15, 0.2) is 30.3 Å². The Morgan fingerprint density at radius 3 is 2.23 bits per heavy atom. The van der Waals surface area contributed by atoms with E-state index in [0.29, 0.717) is 6.61 Å². The van der Waals surface area contributed by atoms with Crippen LogP contribution in [0.25, 0.3) is 0 Å². The summed E-state index contributed by atoms with van der Waals surface area (Å²) in [4.78, 5) is 0. The minimum atomic E-state index is -0.659. The van der Waals surface area contributed by atoms with E-state index in [1.807, 2.05) is 37.3 Å². The monoisotopic (exact) mass is 308 g/mol. The zero-order valence-corrected chi connectivity index (χ0v) is 14.2. The summed E-state index contributed by atoms with van der Waals surface area (Å²) in [6, 6.07) is 9.75. The van der Waals surface area contributed by atoms with Crippen molar-refractivity contribution >= 4 is 0 Å². The summed E-state index contributed by atoms with van der Waals surface area (Å²) >= 11 is 0. The van der Waals surface area contributed by atoms with Gasteiger partial charge in [0.1, 0.15) is 5.75 Å². The molecule has 1 aromatic carbocycles. The van der Waals surface area contributed by atoms with Crippen molar-refractivity contribution < 1.29 is 14.6 Å². The van der Waals surface area contributed by atoms with Gasteiger partial charge in [-0.15, -0.1) is 0 Å². The van der Waals surface area contributed by atoms with E-state index in [9.17, 15) is 0 Å². The molecule has 0 bridgehead atoms. The largest absolute Gasteiger partial charge is 0.463 e. The molecule has 126 valence electrons. The van der Waals surface area contributed by atoms with Crippen molar-refractivity contribution in [2.24, 2.45) is 0 Å². The molecule has 0 spiro atoms. The molecule has 1 rings (SSSR count). The second-order valence-electron chi connectivity index (χ2n) is 5.99. The van der Waals surface area contributed by atoms with Gasteiger partial charge in [-0.25, -0.2) is 0 Å². The quantitative estimate of drug-likeness (QED) is 0.415. The van der Waals surface area contributed by atoms with Crippen molar-refractivity contribution in [3.05, 3.63) is 30.3 Å². The number of ether oxygens (including phenoxy) is 2. The van der Waals surface area contributed by atoms with Gasteiger partial charge < -0.3 is 14.6 Å². The van der Waals surface area contributed by atoms with Gasteiger partial charge in [0, 0.05) is 13.3 Å². The van der Waals surface area contributed by atoms with Crippen molar-refractivity contribution in [1.29, 1.82) is 0 Å². The number of rotatable bonds is 13. The zero-order valence-electron chi connectivity index (χ0n) is 14.2. The fraction of sp³-hybridized carbons (Fsp3) is 0.684. The van der Waals surface area contributed by atoms with E-state index in [2.05, 4.69) is 6.92 Å². The molecule has 1 aromatic rings. The number of aliphatic hydroxyl groups is 1. The predicted octanol–water partition coefficient (Wildman–Crippen LogP) is 4.93. The van der Waals surface area contributed by atoms with Crippen molar-refractivity contribution in [3.63, 3.8) is 0 Å². The maximum Gasteiger partial charge on any atom is 0.207 e. The van der Waals surface area contributed by atoms with Gasteiger partial charge >= 0.3 is 0 Å². The van der Waals surface area contributed by atoms with Crippen LogP contribution in [-0.2, 0) is 4.74 Å². The van der Waals surface area contributed by atoms with Crippen LogP contribution in [0.4, 0.5) is 0 Å². The van der Waals surface area contributed by atoms with Crippen molar-refractivity contribution in [2.75, 3.05) is 13.2 Å². The molecule has 0 saturated heterocycles. The molecule has 0 aromatic heterocycles. The fourth-order valence-corrected chi connectivity index (χ4v) is 2.56. The van der Waals surface area contributed by atoms with Crippen LogP contribution in [0.3, 0.4) is 0 Å². The number of benzene rings is 1. The summed E-state index contributed by atoms with van der Waals surface area (Å²) in [6.45, 7) is 4.53. The molecule has 0 aliphatic rings. The Morgan fingerprint density at radius 1 is 0.955 bits per heavy atom. The maximum atomic E-state index is 9.01. The van der Waals surface area contributed by atoms with Crippen molar-refractivity contribution in [3.8, 4) is 5.75 Å². The third-order valence-electron chi connectivity index (χ3n) is 3.81. The first-order valence-electron chi connectivity index (χ1n) is 8.69. The molecule has 0 aliphatic carbocycles. The predicted molar refractivity (Wildman–Crippen MR) is 91.1 cm³/mol. The average molecular weight is 308 g/mol. The molecule has 0 heterocycles. The molecule has 0 saturated carbocycles. The van der Waals surface area contributed by atoms with E-state index in [1.165, 1.54) is 38.5 Å². The van der Waals surface area contributed by atoms with E-state index in [-0.39, 0.29) is 6.61 Å². The highest BCUT2D eigenvalue weighted by atomic mass is 16.7. The first-order chi connectivity index (χ1) is 10.7. The summed E-state index contributed by atoms with van der Waals surface area (Å²) in [5.41, 5.74) is 0. The molecule has 1 N–H and O–H groups in total. The summed E-state index contributed by atoms with van der Waals surface area (Å²) in [6.07, 6.45) is 9.71. The minimum absolute atomic E-state index is 0.0186. The number of para-hydroxylation sites is 1. The highest BCUT2D eigenvalue weighted by Gasteiger charge is 2.26. The summed E-state index contributed by atoms with van der Waals surface area (Å²) in [5.74, 6) is 0.152. The van der Waals surface area contributed by atoms with Crippen LogP contribution in [0.2, 0.25) is 0 Å². The topological polar surface area (TPSA) is 38.7 Å². The van der Waals surface area contributed by atoms with E-state index >= 15 is 0 Å². The highest BCUT2D eigenvalue weighted by Crippen LogP contribution is 2.25. The Morgan fingerprint density at radius 2 is 1.59 bits per heavy atom. The SMILES string of the molecule is CCCCCCCCCC(C)(OCCO)Oc1ccccc1. The van der Waals surface area contributed by atoms with Crippen molar-refractivity contribution in [2.45, 2.75) is 71.0 Å². The van der Waals surface area contributed by atoms with Crippen LogP contribution < -0.4 is 4.74 Å². The Bertz CT molecular complexity index is 366. The standard InChI is InChI=1S/C19H32O3/c1-3-4-5-6-7-8-12-15-19(2,21-17-16-20)22-18-13-10-9-11-14-18/h9-11,13-14,20H,3-8,12,15-17H2,1-2H3. The maximum absolute atomic E-state index is 9.01. The zero-order chi connectivity index (χ0) is 16.1.